The molecule has 2 heterocycles. The molecule has 0 unspecified atom stereocenters. The zero-order valence-corrected chi connectivity index (χ0v) is 26.2. The van der Waals surface area contributed by atoms with E-state index in [4.69, 9.17) is 18.9 Å². The molecule has 44 heavy (non-hydrogen) atoms. The average molecular weight is 653 g/mol. The van der Waals surface area contributed by atoms with E-state index in [-0.39, 0.29) is 17.5 Å². The van der Waals surface area contributed by atoms with Gasteiger partial charge in [0.15, 0.2) is 36.4 Å². The van der Waals surface area contributed by atoms with Crippen LogP contribution in [0.2, 0.25) is 0 Å². The highest BCUT2D eigenvalue weighted by molar-refractivity contribution is 7.97. The molecule has 9 nitrogen and oxygen atoms in total. The lowest BCUT2D eigenvalue weighted by atomic mass is 10.1. The van der Waals surface area contributed by atoms with Gasteiger partial charge in [-0.1, -0.05) is 54.6 Å². The van der Waals surface area contributed by atoms with Gasteiger partial charge in [0.05, 0.1) is 17.5 Å². The minimum atomic E-state index is -6.19. The van der Waals surface area contributed by atoms with Gasteiger partial charge in [-0.25, -0.2) is 13.2 Å². The fraction of sp³-hybridized carbons (Fsp3) is 0.387. The summed E-state index contributed by atoms with van der Waals surface area (Å²) in [4.78, 5) is 15.3. The summed E-state index contributed by atoms with van der Waals surface area (Å²) in [5.41, 5.74) is 0. The van der Waals surface area contributed by atoms with Crippen LogP contribution in [0.15, 0.2) is 106 Å². The van der Waals surface area contributed by atoms with Gasteiger partial charge in [-0.05, 0) is 64.1 Å². The third-order valence-electron chi connectivity index (χ3n) is 6.49. The Kier molecular flexibility index (Phi) is 10.5. The van der Waals surface area contributed by atoms with Gasteiger partial charge in [0, 0.05) is 0 Å². The molecule has 13 heteroatoms. The molecule has 3 atom stereocenters. The van der Waals surface area contributed by atoms with Crippen LogP contribution in [0.4, 0.5) is 8.78 Å². The third kappa shape index (κ3) is 8.42. The van der Waals surface area contributed by atoms with Gasteiger partial charge < -0.3 is 28.2 Å². The Balaban J connectivity index is 0.000000208. The smallest absolute Gasteiger partial charge is 0.428 e. The molecule has 2 saturated heterocycles. The molecule has 0 aromatic heterocycles. The van der Waals surface area contributed by atoms with Crippen LogP contribution < -0.4 is 0 Å². The van der Waals surface area contributed by atoms with Crippen LogP contribution >= 0.6 is 0 Å². The lowest BCUT2D eigenvalue weighted by Crippen LogP contribution is -2.43. The topological polar surface area (TPSA) is 120 Å². The molecular formula is C31H34F2O9S2. The van der Waals surface area contributed by atoms with Crippen molar-refractivity contribution in [1.82, 2.24) is 0 Å². The number of carbonyl (C=O) groups is 1. The van der Waals surface area contributed by atoms with Gasteiger partial charge in [-0.15, -0.1) is 0 Å². The van der Waals surface area contributed by atoms with Crippen molar-refractivity contribution < 1.29 is 50.2 Å². The summed E-state index contributed by atoms with van der Waals surface area (Å²) in [7, 11) is -6.20. The predicted molar refractivity (Wildman–Crippen MR) is 156 cm³/mol. The molecule has 2 aliphatic rings. The van der Waals surface area contributed by atoms with E-state index in [0.717, 1.165) is 0 Å². The molecule has 5 rings (SSSR count). The fourth-order valence-electron chi connectivity index (χ4n) is 4.61. The van der Waals surface area contributed by atoms with E-state index in [9.17, 15) is 26.5 Å². The number of hydrogen-bond acceptors (Lipinski definition) is 9. The maximum Gasteiger partial charge on any atom is 0.428 e. The summed E-state index contributed by atoms with van der Waals surface area (Å²) in [6, 6.07) is 32.2. The van der Waals surface area contributed by atoms with Crippen molar-refractivity contribution in [1.29, 1.82) is 0 Å². The highest BCUT2D eigenvalue weighted by atomic mass is 32.2. The third-order valence-corrected chi connectivity index (χ3v) is 9.51. The summed E-state index contributed by atoms with van der Waals surface area (Å²) < 4.78 is 84.1. The van der Waals surface area contributed by atoms with E-state index in [1.54, 1.807) is 27.7 Å². The standard InChI is InChI=1S/C18H15S.C13H20F2O9S/c1-4-10-16(11-5-1)19(17-12-6-2-7-13-17)18-14-8-3-9-15-18;1-11(2)21-6-8(22-11)9-7(23-12(3,4)24-9)5-20-10(16)13(14,15)25(17,18)19/h1-15H;7-9H,5-6H2,1-4H3,(H,17,18,19)/q+1;/p-1/t;7-,8+,9+/m.0/s1. The molecule has 0 radical (unpaired) electrons. The summed E-state index contributed by atoms with van der Waals surface area (Å²) >= 11 is 0. The highest BCUT2D eigenvalue weighted by Gasteiger charge is 2.52. The van der Waals surface area contributed by atoms with E-state index in [1.807, 2.05) is 0 Å². The molecule has 0 amide bonds. The first-order valence-electron chi connectivity index (χ1n) is 13.7. The number of hydrogen-bond donors (Lipinski definition) is 0. The largest absolute Gasteiger partial charge is 0.743 e. The van der Waals surface area contributed by atoms with Crippen LogP contribution in [-0.4, -0.2) is 67.3 Å². The Labute approximate surface area is 258 Å². The van der Waals surface area contributed by atoms with Gasteiger partial charge in [0.25, 0.3) is 0 Å². The molecule has 2 aliphatic heterocycles. The van der Waals surface area contributed by atoms with Gasteiger partial charge >= 0.3 is 11.2 Å². The molecular weight excluding hydrogens is 618 g/mol. The minimum Gasteiger partial charge on any atom is -0.743 e. The summed E-state index contributed by atoms with van der Waals surface area (Å²) in [6.07, 6.45) is -2.46. The van der Waals surface area contributed by atoms with Gasteiger partial charge in [-0.3, -0.25) is 0 Å². The van der Waals surface area contributed by atoms with E-state index in [0.29, 0.717) is 0 Å². The minimum absolute atomic E-state index is 0.0146. The second kappa shape index (κ2) is 13.6. The summed E-state index contributed by atoms with van der Waals surface area (Å²) in [5.74, 6) is -4.48. The maximum atomic E-state index is 13.2. The number of rotatable bonds is 8. The van der Waals surface area contributed by atoms with E-state index < -0.39 is 57.8 Å². The molecule has 0 aliphatic carbocycles. The first-order valence-corrected chi connectivity index (χ1v) is 16.3. The van der Waals surface area contributed by atoms with E-state index in [1.165, 1.54) is 14.7 Å². The van der Waals surface area contributed by atoms with Gasteiger partial charge in [0.2, 0.25) is 0 Å². The molecule has 238 valence electrons. The first-order chi connectivity index (χ1) is 20.6. The Bertz CT molecular complexity index is 1390. The molecule has 0 N–H and O–H groups in total. The number of carbonyl (C=O) groups excluding carboxylic acids is 1. The normalized spacial score (nSPS) is 22.7. The van der Waals surface area contributed by atoms with Crippen LogP contribution in [0.3, 0.4) is 0 Å². The lowest BCUT2D eigenvalue weighted by molar-refractivity contribution is -0.176. The number of alkyl halides is 2. The monoisotopic (exact) mass is 652 g/mol. The second-order valence-electron chi connectivity index (χ2n) is 10.8. The highest BCUT2D eigenvalue weighted by Crippen LogP contribution is 2.36. The van der Waals surface area contributed by atoms with Gasteiger partial charge in [0.1, 0.15) is 24.9 Å². The lowest BCUT2D eigenvalue weighted by Gasteiger charge is -2.24. The predicted octanol–water partition coefficient (Wildman–Crippen LogP) is 5.12. The Morgan fingerprint density at radius 3 is 1.68 bits per heavy atom. The van der Waals surface area contributed by atoms with Crippen molar-refractivity contribution >= 4 is 27.0 Å². The van der Waals surface area contributed by atoms with Crippen LogP contribution in [0, 0.1) is 0 Å². The number of esters is 1. The van der Waals surface area contributed by atoms with Crippen molar-refractivity contribution in [2.24, 2.45) is 0 Å². The molecule has 0 spiro atoms. The number of ether oxygens (including phenoxy) is 5. The van der Waals surface area contributed by atoms with Crippen LogP contribution in [0.5, 0.6) is 0 Å². The average Bonchev–Trinajstić information content (AvgIpc) is 3.50. The van der Waals surface area contributed by atoms with Crippen LogP contribution in [0.1, 0.15) is 27.7 Å². The van der Waals surface area contributed by atoms with Crippen molar-refractivity contribution in [2.45, 2.75) is 77.5 Å². The molecule has 3 aromatic carbocycles. The molecule has 2 fully saturated rings. The van der Waals surface area contributed by atoms with E-state index in [2.05, 4.69) is 95.7 Å². The molecule has 0 bridgehead atoms. The second-order valence-corrected chi connectivity index (χ2v) is 14.3. The Hall–Kier alpha value is -2.91. The van der Waals surface area contributed by atoms with Crippen molar-refractivity contribution in [3.8, 4) is 0 Å². The zero-order chi connectivity index (χ0) is 32.2. The SMILES string of the molecule is CC1(C)O[C@@H]([C@H]2COC(C)(C)O2)[C@H](COC(=O)C(F)(F)S(=O)(=O)[O-])O1.c1ccc([S+](c2ccccc2)c2ccccc2)cc1. The first kappa shape index (κ1) is 34.0. The zero-order valence-electron chi connectivity index (χ0n) is 24.6. The van der Waals surface area contributed by atoms with Crippen molar-refractivity contribution in [3.63, 3.8) is 0 Å². The van der Waals surface area contributed by atoms with E-state index >= 15 is 0 Å². The van der Waals surface area contributed by atoms with Crippen LogP contribution in [0.25, 0.3) is 0 Å². The molecule has 3 aromatic rings. The van der Waals surface area contributed by atoms with Crippen LogP contribution in [-0.2, 0) is 49.5 Å². The number of halogens is 2. The Morgan fingerprint density at radius 1 is 0.841 bits per heavy atom. The number of benzene rings is 3. The Morgan fingerprint density at radius 2 is 1.30 bits per heavy atom. The molecule has 0 saturated carbocycles. The quantitative estimate of drug-likeness (QED) is 0.186. The van der Waals surface area contributed by atoms with Crippen molar-refractivity contribution in [2.75, 3.05) is 13.2 Å². The van der Waals surface area contributed by atoms with Gasteiger partial charge in [-0.2, -0.15) is 8.78 Å². The fourth-order valence-corrected chi connectivity index (χ4v) is 6.97. The maximum absolute atomic E-state index is 13.2. The van der Waals surface area contributed by atoms with Crippen molar-refractivity contribution in [3.05, 3.63) is 91.0 Å². The summed E-state index contributed by atoms with van der Waals surface area (Å²) in [6.45, 7) is 5.83. The summed E-state index contributed by atoms with van der Waals surface area (Å²) in [5, 5.41) is -5.19.